The Kier molecular flexibility index (Phi) is 4.82. The van der Waals surface area contributed by atoms with E-state index in [0.29, 0.717) is 22.4 Å². The van der Waals surface area contributed by atoms with Gasteiger partial charge in [-0.3, -0.25) is 4.79 Å². The van der Waals surface area contributed by atoms with Crippen LogP contribution in [0.3, 0.4) is 0 Å². The van der Waals surface area contributed by atoms with E-state index in [1.807, 2.05) is 34.6 Å². The first-order chi connectivity index (χ1) is 9.51. The molecule has 1 rings (SSSR count). The second-order valence-corrected chi connectivity index (χ2v) is 6.22. The molecule has 0 aromatic heterocycles. The lowest BCUT2D eigenvalue weighted by Gasteiger charge is -2.23. The number of carbonyl (C=O) groups excluding carboxylic acids is 2. The van der Waals surface area contributed by atoms with Gasteiger partial charge in [0.1, 0.15) is 11.4 Å². The molecule has 0 unspecified atom stereocenters. The lowest BCUT2D eigenvalue weighted by atomic mass is 9.90. The van der Waals surface area contributed by atoms with Gasteiger partial charge in [0.05, 0.1) is 18.2 Å². The van der Waals surface area contributed by atoms with Gasteiger partial charge in [-0.15, -0.1) is 0 Å². The van der Waals surface area contributed by atoms with Crippen molar-refractivity contribution in [2.24, 2.45) is 0 Å². The van der Waals surface area contributed by atoms with E-state index in [1.165, 1.54) is 14.0 Å². The summed E-state index contributed by atoms with van der Waals surface area (Å²) in [5.74, 6) is -0.0215. The Morgan fingerprint density at radius 3 is 1.76 bits per heavy atom. The maximum absolute atomic E-state index is 12.4. The van der Waals surface area contributed by atoms with E-state index in [9.17, 15) is 9.59 Å². The summed E-state index contributed by atoms with van der Waals surface area (Å²) in [6, 6.07) is 0. The Labute approximate surface area is 126 Å². The van der Waals surface area contributed by atoms with Crippen LogP contribution in [0.5, 0.6) is 5.75 Å². The third kappa shape index (κ3) is 3.43. The van der Waals surface area contributed by atoms with Crippen molar-refractivity contribution in [3.05, 3.63) is 27.8 Å². The van der Waals surface area contributed by atoms with Gasteiger partial charge in [0.2, 0.25) is 0 Å². The van der Waals surface area contributed by atoms with Gasteiger partial charge in [-0.05, 0) is 59.6 Å². The fraction of sp³-hybridized carbons (Fsp3) is 0.529. The number of esters is 1. The molecule has 116 valence electrons. The van der Waals surface area contributed by atoms with Crippen molar-refractivity contribution >= 4 is 11.8 Å². The van der Waals surface area contributed by atoms with Crippen molar-refractivity contribution in [1.29, 1.82) is 0 Å². The smallest absolute Gasteiger partial charge is 0.339 e. The van der Waals surface area contributed by atoms with Crippen molar-refractivity contribution in [2.45, 2.75) is 54.1 Å². The van der Waals surface area contributed by atoms with E-state index in [1.54, 1.807) is 6.92 Å². The van der Waals surface area contributed by atoms with Crippen molar-refractivity contribution in [3.63, 3.8) is 0 Å². The van der Waals surface area contributed by atoms with Crippen LogP contribution in [0.1, 0.15) is 65.1 Å². The van der Waals surface area contributed by atoms with Gasteiger partial charge in [-0.1, -0.05) is 0 Å². The predicted molar refractivity (Wildman–Crippen MR) is 82.4 cm³/mol. The van der Waals surface area contributed by atoms with Crippen molar-refractivity contribution in [3.8, 4) is 5.75 Å². The second-order valence-electron chi connectivity index (χ2n) is 6.22. The van der Waals surface area contributed by atoms with Crippen LogP contribution in [0.4, 0.5) is 0 Å². The molecule has 0 N–H and O–H groups in total. The average Bonchev–Trinajstić information content (AvgIpc) is 2.30. The zero-order valence-electron chi connectivity index (χ0n) is 14.1. The van der Waals surface area contributed by atoms with Gasteiger partial charge in [-0.2, -0.15) is 0 Å². The predicted octanol–water partition coefficient (Wildman–Crippen LogP) is 3.78. The zero-order chi connectivity index (χ0) is 16.5. The molecule has 1 aromatic rings. The molecular formula is C17H24O4. The first-order valence-corrected chi connectivity index (χ1v) is 6.93. The lowest BCUT2D eigenvalue weighted by Crippen LogP contribution is -2.25. The molecule has 0 radical (unpaired) electrons. The minimum Gasteiger partial charge on any atom is -0.496 e. The normalized spacial score (nSPS) is 11.2. The SMILES string of the molecule is COc1c(C)c(C(=O)OC(C)(C)C)c(C)c(C)c1C(C)=O. The van der Waals surface area contributed by atoms with Crippen LogP contribution in [0, 0.1) is 20.8 Å². The molecule has 0 aliphatic carbocycles. The Balaban J connectivity index is 3.59. The summed E-state index contributed by atoms with van der Waals surface area (Å²) >= 11 is 0. The van der Waals surface area contributed by atoms with E-state index >= 15 is 0 Å². The Bertz CT molecular complexity index is 592. The van der Waals surface area contributed by atoms with Gasteiger partial charge in [-0.25, -0.2) is 4.79 Å². The average molecular weight is 292 g/mol. The molecule has 0 heterocycles. The molecule has 0 saturated heterocycles. The number of hydrogen-bond acceptors (Lipinski definition) is 4. The van der Waals surface area contributed by atoms with Crippen LogP contribution >= 0.6 is 0 Å². The number of Topliss-reactive ketones (excluding diaryl/α,β-unsaturated/α-hetero) is 1. The largest absolute Gasteiger partial charge is 0.496 e. The van der Waals surface area contributed by atoms with Crippen LogP contribution in [0.15, 0.2) is 0 Å². The van der Waals surface area contributed by atoms with Gasteiger partial charge in [0, 0.05) is 5.56 Å². The highest BCUT2D eigenvalue weighted by Gasteiger charge is 2.27. The summed E-state index contributed by atoms with van der Waals surface area (Å²) in [6.45, 7) is 12.4. The molecule has 4 heteroatoms. The van der Waals surface area contributed by atoms with Crippen LogP contribution in [-0.2, 0) is 4.74 Å². The number of hydrogen-bond donors (Lipinski definition) is 0. The third-order valence-electron chi connectivity index (χ3n) is 3.41. The van der Waals surface area contributed by atoms with Gasteiger partial charge < -0.3 is 9.47 Å². The van der Waals surface area contributed by atoms with Gasteiger partial charge >= 0.3 is 5.97 Å². The van der Waals surface area contributed by atoms with Crippen LogP contribution in [-0.4, -0.2) is 24.5 Å². The van der Waals surface area contributed by atoms with E-state index in [-0.39, 0.29) is 5.78 Å². The van der Waals surface area contributed by atoms with Crippen molar-refractivity contribution in [1.82, 2.24) is 0 Å². The molecule has 1 aromatic carbocycles. The third-order valence-corrected chi connectivity index (χ3v) is 3.41. The molecule has 21 heavy (non-hydrogen) atoms. The summed E-state index contributed by atoms with van der Waals surface area (Å²) in [7, 11) is 1.50. The quantitative estimate of drug-likeness (QED) is 0.628. The second kappa shape index (κ2) is 5.88. The van der Waals surface area contributed by atoms with E-state index in [4.69, 9.17) is 9.47 Å². The minimum atomic E-state index is -0.573. The molecule has 0 amide bonds. The maximum Gasteiger partial charge on any atom is 0.339 e. The Hall–Kier alpha value is -1.84. The Morgan fingerprint density at radius 1 is 0.905 bits per heavy atom. The molecule has 0 aliphatic heterocycles. The molecule has 4 nitrogen and oxygen atoms in total. The molecule has 0 bridgehead atoms. The fourth-order valence-corrected chi connectivity index (χ4v) is 2.44. The van der Waals surface area contributed by atoms with E-state index in [2.05, 4.69) is 0 Å². The summed E-state index contributed by atoms with van der Waals surface area (Å²) in [6.07, 6.45) is 0. The van der Waals surface area contributed by atoms with Crippen molar-refractivity contribution < 1.29 is 19.1 Å². The molecule has 0 spiro atoms. The molecular weight excluding hydrogens is 268 g/mol. The monoisotopic (exact) mass is 292 g/mol. The number of carbonyl (C=O) groups is 2. The maximum atomic E-state index is 12.4. The highest BCUT2D eigenvalue weighted by Crippen LogP contribution is 2.34. The first-order valence-electron chi connectivity index (χ1n) is 6.93. The molecule has 0 aliphatic rings. The van der Waals surface area contributed by atoms with Gasteiger partial charge in [0.25, 0.3) is 0 Å². The number of rotatable bonds is 3. The standard InChI is InChI=1S/C17H24O4/c1-9-10(2)14(12(4)18)15(20-8)11(3)13(9)16(19)21-17(5,6)7/h1-8H3. The minimum absolute atomic E-state index is 0.0775. The van der Waals surface area contributed by atoms with Crippen LogP contribution < -0.4 is 4.74 Å². The Morgan fingerprint density at radius 2 is 1.38 bits per heavy atom. The first kappa shape index (κ1) is 17.2. The summed E-state index contributed by atoms with van der Waals surface area (Å²) in [4.78, 5) is 24.3. The number of methoxy groups -OCH3 is 1. The summed E-state index contributed by atoms with van der Waals surface area (Å²) < 4.78 is 10.8. The van der Waals surface area contributed by atoms with Crippen molar-refractivity contribution in [2.75, 3.05) is 7.11 Å². The van der Waals surface area contributed by atoms with Crippen LogP contribution in [0.2, 0.25) is 0 Å². The lowest BCUT2D eigenvalue weighted by molar-refractivity contribution is 0.00672. The van der Waals surface area contributed by atoms with E-state index in [0.717, 1.165) is 11.1 Å². The highest BCUT2D eigenvalue weighted by atomic mass is 16.6. The van der Waals surface area contributed by atoms with E-state index < -0.39 is 11.6 Å². The molecule has 0 fully saturated rings. The van der Waals surface area contributed by atoms with Gasteiger partial charge in [0.15, 0.2) is 5.78 Å². The number of benzene rings is 1. The summed E-state index contributed by atoms with van der Waals surface area (Å²) in [5.41, 5.74) is 2.58. The fourth-order valence-electron chi connectivity index (χ4n) is 2.44. The number of ketones is 1. The summed E-state index contributed by atoms with van der Waals surface area (Å²) in [5, 5.41) is 0. The topological polar surface area (TPSA) is 52.6 Å². The molecule has 0 atom stereocenters. The highest BCUT2D eigenvalue weighted by molar-refractivity contribution is 6.03. The molecule has 0 saturated carbocycles. The number of ether oxygens (including phenoxy) is 2. The zero-order valence-corrected chi connectivity index (χ0v) is 14.1. The van der Waals surface area contributed by atoms with Crippen LogP contribution in [0.25, 0.3) is 0 Å².